The van der Waals surface area contributed by atoms with Gasteiger partial charge in [-0.3, -0.25) is 0 Å². The first-order valence-electron chi connectivity index (χ1n) is 3.63. The average Bonchev–Trinajstić information content (AvgIpc) is 2.31. The minimum absolute atomic E-state index is 0.180. The first-order chi connectivity index (χ1) is 5.08. The van der Waals surface area contributed by atoms with Crippen LogP contribution in [0, 0.1) is 0 Å². The topological polar surface area (TPSA) is 58.6 Å². The van der Waals surface area contributed by atoms with Crippen LogP contribution in [0.1, 0.15) is 13.3 Å². The Hall–Kier alpha value is -0.610. The van der Waals surface area contributed by atoms with Gasteiger partial charge in [0.2, 0.25) is 0 Å². The predicted octanol–water partition coefficient (Wildman–Crippen LogP) is -0.728. The first kappa shape index (κ1) is 8.49. The van der Waals surface area contributed by atoms with Crippen molar-refractivity contribution in [3.05, 3.63) is 0 Å². The number of nitrogens with one attached hydrogen (secondary N) is 1. The molecule has 1 saturated heterocycles. The summed E-state index contributed by atoms with van der Waals surface area (Å²) >= 11 is 0. The molecule has 11 heavy (non-hydrogen) atoms. The Morgan fingerprint density at radius 3 is 2.82 bits per heavy atom. The number of aliphatic hydroxyl groups is 1. The molecular formula is C7H13NO3. The van der Waals surface area contributed by atoms with Crippen molar-refractivity contribution in [1.29, 1.82) is 0 Å². The van der Waals surface area contributed by atoms with Gasteiger partial charge in [-0.2, -0.15) is 0 Å². The molecule has 0 aromatic heterocycles. The van der Waals surface area contributed by atoms with Crippen molar-refractivity contribution < 1.29 is 14.6 Å². The largest absolute Gasteiger partial charge is 0.467 e. The molecule has 64 valence electrons. The summed E-state index contributed by atoms with van der Waals surface area (Å²) in [4.78, 5) is 11.0. The standard InChI is InChI=1S/C7H13NO3/c1-5-3-7(10,4-8-5)6(9)11-2/h5,8,10H,3-4H2,1-2H3. The molecule has 0 saturated carbocycles. The zero-order valence-electron chi connectivity index (χ0n) is 6.76. The maximum atomic E-state index is 11.0. The summed E-state index contributed by atoms with van der Waals surface area (Å²) in [7, 11) is 1.28. The number of esters is 1. The highest BCUT2D eigenvalue weighted by atomic mass is 16.5. The van der Waals surface area contributed by atoms with Crippen molar-refractivity contribution in [3.63, 3.8) is 0 Å². The summed E-state index contributed by atoms with van der Waals surface area (Å²) in [6.07, 6.45) is 0.430. The molecule has 1 aliphatic rings. The third-order valence-corrected chi connectivity index (χ3v) is 1.95. The number of rotatable bonds is 1. The van der Waals surface area contributed by atoms with E-state index in [1.165, 1.54) is 7.11 Å². The predicted molar refractivity (Wildman–Crippen MR) is 39.0 cm³/mol. The number of hydrogen-bond acceptors (Lipinski definition) is 4. The van der Waals surface area contributed by atoms with Gasteiger partial charge in [-0.1, -0.05) is 0 Å². The molecule has 0 amide bonds. The van der Waals surface area contributed by atoms with Gasteiger partial charge in [-0.15, -0.1) is 0 Å². The lowest BCUT2D eigenvalue weighted by molar-refractivity contribution is -0.160. The smallest absolute Gasteiger partial charge is 0.339 e. The molecule has 2 N–H and O–H groups in total. The Morgan fingerprint density at radius 2 is 2.45 bits per heavy atom. The van der Waals surface area contributed by atoms with E-state index in [1.54, 1.807) is 0 Å². The number of methoxy groups -OCH3 is 1. The number of carbonyl (C=O) groups excluding carboxylic acids is 1. The third kappa shape index (κ3) is 1.52. The van der Waals surface area contributed by atoms with Crippen LogP contribution in [0.5, 0.6) is 0 Å². The summed E-state index contributed by atoms with van der Waals surface area (Å²) in [6, 6.07) is 0.180. The van der Waals surface area contributed by atoms with Gasteiger partial charge in [0.15, 0.2) is 5.60 Å². The molecule has 4 nitrogen and oxygen atoms in total. The van der Waals surface area contributed by atoms with E-state index in [0.717, 1.165) is 0 Å². The third-order valence-electron chi connectivity index (χ3n) is 1.95. The number of ether oxygens (including phenoxy) is 1. The molecule has 0 spiro atoms. The summed E-state index contributed by atoms with van der Waals surface area (Å²) in [5.74, 6) is -0.547. The first-order valence-corrected chi connectivity index (χ1v) is 3.63. The van der Waals surface area contributed by atoms with Gasteiger partial charge in [-0.05, 0) is 6.92 Å². The highest BCUT2D eigenvalue weighted by Gasteiger charge is 2.42. The summed E-state index contributed by atoms with van der Waals surface area (Å²) < 4.78 is 4.46. The lowest BCUT2D eigenvalue weighted by Gasteiger charge is -2.17. The fourth-order valence-corrected chi connectivity index (χ4v) is 1.34. The van der Waals surface area contributed by atoms with E-state index in [9.17, 15) is 9.90 Å². The van der Waals surface area contributed by atoms with Crippen LogP contribution in [-0.4, -0.2) is 36.4 Å². The van der Waals surface area contributed by atoms with E-state index in [2.05, 4.69) is 10.1 Å². The molecular weight excluding hydrogens is 146 g/mol. The normalized spacial score (nSPS) is 37.2. The van der Waals surface area contributed by atoms with Gasteiger partial charge in [0.1, 0.15) is 0 Å². The van der Waals surface area contributed by atoms with Crippen molar-refractivity contribution in [1.82, 2.24) is 5.32 Å². The molecule has 0 aromatic carbocycles. The highest BCUT2D eigenvalue weighted by molar-refractivity contribution is 5.80. The second-order valence-electron chi connectivity index (χ2n) is 3.01. The van der Waals surface area contributed by atoms with E-state index < -0.39 is 11.6 Å². The second-order valence-corrected chi connectivity index (χ2v) is 3.01. The molecule has 1 aliphatic heterocycles. The molecule has 0 aliphatic carbocycles. The second kappa shape index (κ2) is 2.79. The van der Waals surface area contributed by atoms with E-state index in [0.29, 0.717) is 13.0 Å². The van der Waals surface area contributed by atoms with Crippen LogP contribution in [0.4, 0.5) is 0 Å². The van der Waals surface area contributed by atoms with Crippen molar-refractivity contribution in [2.24, 2.45) is 0 Å². The quantitative estimate of drug-likeness (QED) is 0.495. The molecule has 2 atom stereocenters. The fraction of sp³-hybridized carbons (Fsp3) is 0.857. The maximum Gasteiger partial charge on any atom is 0.339 e. The minimum atomic E-state index is -1.30. The van der Waals surface area contributed by atoms with E-state index >= 15 is 0 Å². The van der Waals surface area contributed by atoms with Crippen LogP contribution in [0.3, 0.4) is 0 Å². The van der Waals surface area contributed by atoms with Gasteiger partial charge >= 0.3 is 5.97 Å². The summed E-state index contributed by atoms with van der Waals surface area (Å²) in [5.41, 5.74) is -1.30. The van der Waals surface area contributed by atoms with E-state index in [-0.39, 0.29) is 6.04 Å². The van der Waals surface area contributed by atoms with E-state index in [1.807, 2.05) is 6.92 Å². The van der Waals surface area contributed by atoms with Crippen LogP contribution in [0.15, 0.2) is 0 Å². The lowest BCUT2D eigenvalue weighted by atomic mass is 10.0. The lowest BCUT2D eigenvalue weighted by Crippen LogP contribution is -2.41. The number of hydrogen-bond donors (Lipinski definition) is 2. The Balaban J connectivity index is 2.61. The van der Waals surface area contributed by atoms with Crippen molar-refractivity contribution in [2.75, 3.05) is 13.7 Å². The molecule has 0 aromatic rings. The van der Waals surface area contributed by atoms with Crippen LogP contribution < -0.4 is 5.32 Å². The van der Waals surface area contributed by atoms with Gasteiger partial charge in [-0.25, -0.2) is 4.79 Å². The highest BCUT2D eigenvalue weighted by Crippen LogP contribution is 2.19. The molecule has 2 unspecified atom stereocenters. The number of β-amino-alcohol motifs (C(OH)–C–C–N with tert-alkyl or cyclic N) is 1. The summed E-state index contributed by atoms with van der Waals surface area (Å²) in [6.45, 7) is 2.21. The zero-order valence-corrected chi connectivity index (χ0v) is 6.76. The fourth-order valence-electron chi connectivity index (χ4n) is 1.34. The minimum Gasteiger partial charge on any atom is -0.467 e. The van der Waals surface area contributed by atoms with Crippen molar-refractivity contribution in [2.45, 2.75) is 25.0 Å². The van der Waals surface area contributed by atoms with Gasteiger partial charge in [0, 0.05) is 19.0 Å². The van der Waals surface area contributed by atoms with Crippen LogP contribution in [0.2, 0.25) is 0 Å². The molecule has 0 bridgehead atoms. The molecule has 4 heteroatoms. The molecule has 1 rings (SSSR count). The van der Waals surface area contributed by atoms with Crippen molar-refractivity contribution >= 4 is 5.97 Å². The summed E-state index contributed by atoms with van der Waals surface area (Å²) in [5, 5.41) is 12.6. The zero-order chi connectivity index (χ0) is 8.48. The molecule has 0 radical (unpaired) electrons. The molecule has 1 heterocycles. The average molecular weight is 159 g/mol. The van der Waals surface area contributed by atoms with Gasteiger partial charge in [0.05, 0.1) is 7.11 Å². The maximum absolute atomic E-state index is 11.0. The van der Waals surface area contributed by atoms with E-state index in [4.69, 9.17) is 0 Å². The number of carbonyl (C=O) groups is 1. The van der Waals surface area contributed by atoms with Gasteiger partial charge in [0.25, 0.3) is 0 Å². The SMILES string of the molecule is COC(=O)C1(O)CNC(C)C1. The Labute approximate surface area is 65.5 Å². The Morgan fingerprint density at radius 1 is 1.82 bits per heavy atom. The van der Waals surface area contributed by atoms with Crippen LogP contribution in [0.25, 0.3) is 0 Å². The van der Waals surface area contributed by atoms with Crippen LogP contribution >= 0.6 is 0 Å². The monoisotopic (exact) mass is 159 g/mol. The molecule has 1 fully saturated rings. The Kier molecular flexibility index (Phi) is 2.15. The van der Waals surface area contributed by atoms with Crippen molar-refractivity contribution in [3.8, 4) is 0 Å². The Bertz CT molecular complexity index is 171. The van der Waals surface area contributed by atoms with Crippen LogP contribution in [-0.2, 0) is 9.53 Å². The van der Waals surface area contributed by atoms with Gasteiger partial charge < -0.3 is 15.2 Å².